The van der Waals surface area contributed by atoms with Crippen LogP contribution in [-0.4, -0.2) is 18.2 Å². The minimum atomic E-state index is -4.88. The van der Waals surface area contributed by atoms with Gasteiger partial charge in [0, 0.05) is 40.8 Å². The van der Waals surface area contributed by atoms with Gasteiger partial charge in [0.05, 0.1) is 10.8 Å². The van der Waals surface area contributed by atoms with Crippen LogP contribution in [0.4, 0.5) is 22.0 Å². The van der Waals surface area contributed by atoms with Gasteiger partial charge in [0.1, 0.15) is 11.6 Å². The van der Waals surface area contributed by atoms with E-state index in [1.54, 1.807) is 17.7 Å². The zero-order chi connectivity index (χ0) is 25.9. The van der Waals surface area contributed by atoms with Crippen LogP contribution in [0.3, 0.4) is 0 Å². The van der Waals surface area contributed by atoms with Gasteiger partial charge in [-0.05, 0) is 55.0 Å². The normalized spacial score (nSPS) is 16.1. The van der Waals surface area contributed by atoms with E-state index in [1.807, 2.05) is 20.8 Å². The number of benzene rings is 2. The first-order valence-electron chi connectivity index (χ1n) is 11.3. The topological polar surface area (TPSA) is 51.1 Å². The first-order chi connectivity index (χ1) is 16.1. The summed E-state index contributed by atoms with van der Waals surface area (Å²) in [5, 5.41) is -0.0931. The van der Waals surface area contributed by atoms with Gasteiger partial charge in [-0.1, -0.05) is 26.8 Å². The van der Waals surface area contributed by atoms with Crippen molar-refractivity contribution in [2.45, 2.75) is 64.5 Å². The maximum Gasteiger partial charge on any atom is 0.417 e. The van der Waals surface area contributed by atoms with Crippen molar-refractivity contribution in [3.63, 3.8) is 0 Å². The Morgan fingerprint density at radius 1 is 1.09 bits per heavy atom. The fraction of sp³-hybridized carbons (Fsp3) is 0.440. The number of aromatic nitrogens is 1. The lowest BCUT2D eigenvalue weighted by atomic mass is 9.95. The molecule has 1 aromatic heterocycles. The molecule has 0 saturated heterocycles. The maximum absolute atomic E-state index is 15.3. The lowest BCUT2D eigenvalue weighted by molar-refractivity contribution is -0.137. The predicted molar refractivity (Wildman–Crippen MR) is 125 cm³/mol. The summed E-state index contributed by atoms with van der Waals surface area (Å²) in [5.74, 6) is -2.21. The van der Waals surface area contributed by atoms with Gasteiger partial charge in [-0.2, -0.15) is 13.2 Å². The number of hydrogen-bond acceptors (Lipinski definition) is 2. The van der Waals surface area contributed by atoms with Gasteiger partial charge in [0.25, 0.3) is 0 Å². The molecule has 1 N–H and O–H groups in total. The molecule has 1 atom stereocenters. The van der Waals surface area contributed by atoms with E-state index in [2.05, 4.69) is 4.72 Å². The molecule has 0 aliphatic heterocycles. The fourth-order valence-electron chi connectivity index (χ4n) is 4.33. The van der Waals surface area contributed by atoms with Crippen molar-refractivity contribution in [3.8, 4) is 11.1 Å². The van der Waals surface area contributed by atoms with E-state index in [9.17, 15) is 26.0 Å². The van der Waals surface area contributed by atoms with Crippen molar-refractivity contribution in [1.82, 2.24) is 9.29 Å². The Morgan fingerprint density at radius 2 is 1.74 bits per heavy atom. The monoisotopic (exact) mass is 514 g/mol. The Labute approximate surface area is 201 Å². The Bertz CT molecular complexity index is 1380. The summed E-state index contributed by atoms with van der Waals surface area (Å²) in [6.07, 6.45) is -2.04. The lowest BCUT2D eigenvalue weighted by Crippen LogP contribution is -2.29. The number of halogens is 5. The Hall–Kier alpha value is -2.46. The molecular weight excluding hydrogens is 487 g/mol. The van der Waals surface area contributed by atoms with Gasteiger partial charge < -0.3 is 4.57 Å². The second-order valence-electron chi connectivity index (χ2n) is 10.4. The summed E-state index contributed by atoms with van der Waals surface area (Å²) in [6, 6.07) is 4.10. The highest BCUT2D eigenvalue weighted by Gasteiger charge is 2.38. The highest BCUT2D eigenvalue weighted by molar-refractivity contribution is 7.90. The fourth-order valence-corrected chi connectivity index (χ4v) is 5.90. The van der Waals surface area contributed by atoms with Crippen LogP contribution in [0.2, 0.25) is 0 Å². The van der Waals surface area contributed by atoms with Crippen molar-refractivity contribution < 1.29 is 30.4 Å². The molecule has 0 unspecified atom stereocenters. The zero-order valence-electron chi connectivity index (χ0n) is 19.8. The van der Waals surface area contributed by atoms with E-state index in [0.29, 0.717) is 35.9 Å². The number of nitrogens with one attached hydrogen (secondary N) is 1. The SMILES string of the molecule is C[C@@H](NS(=O)(=O)C1CC1)c1cn(CC(C)(C)C)c2cc(-c3c(F)cccc3C(F)(F)F)c(F)cc12. The summed E-state index contributed by atoms with van der Waals surface area (Å²) >= 11 is 0. The molecule has 0 amide bonds. The smallest absolute Gasteiger partial charge is 0.347 e. The standard InChI is InChI=1S/C25H27F5N2O2S/c1-14(31-35(33,34)15-8-9-15)18-12-32(13-24(2,3)4)22-11-17(21(27)10-16(18)22)23-19(25(28,29)30)6-5-7-20(23)26/h5-7,10-12,14-15,31H,8-9,13H2,1-4H3/t14-/m1/s1. The second-order valence-corrected chi connectivity index (χ2v) is 12.4. The molecule has 1 fully saturated rings. The molecule has 1 heterocycles. The second kappa shape index (κ2) is 8.58. The van der Waals surface area contributed by atoms with Crippen LogP contribution < -0.4 is 4.72 Å². The molecule has 1 aliphatic rings. The molecular formula is C25H27F5N2O2S. The molecule has 0 spiro atoms. The Morgan fingerprint density at radius 3 is 2.31 bits per heavy atom. The van der Waals surface area contributed by atoms with Crippen LogP contribution in [0.1, 0.15) is 57.7 Å². The van der Waals surface area contributed by atoms with Gasteiger partial charge in [-0.25, -0.2) is 21.9 Å². The number of alkyl halides is 3. The van der Waals surface area contributed by atoms with Crippen molar-refractivity contribution in [2.75, 3.05) is 0 Å². The number of sulfonamides is 1. The van der Waals surface area contributed by atoms with Crippen LogP contribution in [0.25, 0.3) is 22.0 Å². The van der Waals surface area contributed by atoms with Gasteiger partial charge in [0.15, 0.2) is 0 Å². The Balaban J connectivity index is 1.92. The molecule has 190 valence electrons. The van der Waals surface area contributed by atoms with Crippen molar-refractivity contribution in [1.29, 1.82) is 0 Å². The molecule has 1 aliphatic carbocycles. The highest BCUT2D eigenvalue weighted by Crippen LogP contribution is 2.42. The van der Waals surface area contributed by atoms with Crippen LogP contribution >= 0.6 is 0 Å². The van der Waals surface area contributed by atoms with Crippen LogP contribution in [0.5, 0.6) is 0 Å². The first kappa shape index (κ1) is 25.6. The van der Waals surface area contributed by atoms with E-state index in [4.69, 9.17) is 0 Å². The maximum atomic E-state index is 15.3. The summed E-state index contributed by atoms with van der Waals surface area (Å²) in [6.45, 7) is 7.93. The lowest BCUT2D eigenvalue weighted by Gasteiger charge is -2.20. The van der Waals surface area contributed by atoms with Gasteiger partial charge >= 0.3 is 6.18 Å². The minimum Gasteiger partial charge on any atom is -0.347 e. The third kappa shape index (κ3) is 5.23. The van der Waals surface area contributed by atoms with E-state index in [1.165, 1.54) is 6.07 Å². The molecule has 1 saturated carbocycles. The molecule has 3 aromatic rings. The van der Waals surface area contributed by atoms with E-state index >= 15 is 4.39 Å². The van der Waals surface area contributed by atoms with Crippen molar-refractivity contribution in [2.24, 2.45) is 5.41 Å². The third-order valence-corrected chi connectivity index (χ3v) is 8.04. The summed E-state index contributed by atoms with van der Waals surface area (Å²) in [5.41, 5.74) is -2.01. The Kier molecular flexibility index (Phi) is 6.29. The van der Waals surface area contributed by atoms with Crippen LogP contribution in [-0.2, 0) is 22.7 Å². The summed E-state index contributed by atoms with van der Waals surface area (Å²) in [4.78, 5) is 0. The molecule has 4 rings (SSSR count). The summed E-state index contributed by atoms with van der Waals surface area (Å²) < 4.78 is 100. The number of nitrogens with zero attached hydrogens (tertiary/aromatic N) is 1. The predicted octanol–water partition coefficient (Wildman–Crippen LogP) is 6.79. The van der Waals surface area contributed by atoms with Crippen molar-refractivity contribution >= 4 is 20.9 Å². The third-order valence-electron chi connectivity index (χ3n) is 6.00. The van der Waals surface area contributed by atoms with Gasteiger partial charge in [0.2, 0.25) is 10.0 Å². The highest BCUT2D eigenvalue weighted by atomic mass is 32.2. The van der Waals surface area contributed by atoms with E-state index < -0.39 is 55.8 Å². The largest absolute Gasteiger partial charge is 0.417 e. The zero-order valence-corrected chi connectivity index (χ0v) is 20.6. The quantitative estimate of drug-likeness (QED) is 0.368. The van der Waals surface area contributed by atoms with Gasteiger partial charge in [-0.15, -0.1) is 0 Å². The van der Waals surface area contributed by atoms with Gasteiger partial charge in [-0.3, -0.25) is 0 Å². The molecule has 10 heteroatoms. The molecule has 2 aromatic carbocycles. The number of hydrogen-bond donors (Lipinski definition) is 1. The van der Waals surface area contributed by atoms with Crippen molar-refractivity contribution in [3.05, 3.63) is 59.3 Å². The van der Waals surface area contributed by atoms with Crippen LogP contribution in [0, 0.1) is 17.0 Å². The average Bonchev–Trinajstić information content (AvgIpc) is 3.51. The van der Waals surface area contributed by atoms with E-state index in [0.717, 1.165) is 24.3 Å². The first-order valence-corrected chi connectivity index (χ1v) is 12.8. The molecule has 35 heavy (non-hydrogen) atoms. The number of rotatable bonds is 6. The number of fused-ring (bicyclic) bond motifs is 1. The molecule has 0 bridgehead atoms. The summed E-state index contributed by atoms with van der Waals surface area (Å²) in [7, 11) is -3.55. The minimum absolute atomic E-state index is 0.260. The van der Waals surface area contributed by atoms with Crippen LogP contribution in [0.15, 0.2) is 36.5 Å². The average molecular weight is 515 g/mol. The molecule has 4 nitrogen and oxygen atoms in total. The van der Waals surface area contributed by atoms with E-state index in [-0.39, 0.29) is 5.41 Å². The molecule has 0 radical (unpaired) electrons.